The lowest BCUT2D eigenvalue weighted by molar-refractivity contribution is -0.386. The molecule has 0 aliphatic rings. The lowest BCUT2D eigenvalue weighted by atomic mass is 10.2. The Labute approximate surface area is 110 Å². The molecule has 0 saturated heterocycles. The molecule has 1 N–H and O–H groups in total. The predicted molar refractivity (Wildman–Crippen MR) is 69.0 cm³/mol. The molecule has 0 heterocycles. The third-order valence-corrected chi connectivity index (χ3v) is 4.23. The van der Waals surface area contributed by atoms with Gasteiger partial charge in [-0.25, -0.2) is 12.7 Å². The Hall–Kier alpha value is -1.74. The zero-order chi connectivity index (χ0) is 14.6. The van der Waals surface area contributed by atoms with Gasteiger partial charge in [-0.3, -0.25) is 10.1 Å². The molecule has 7 nitrogen and oxygen atoms in total. The average molecular weight is 291 g/mol. The highest BCUT2D eigenvalue weighted by Gasteiger charge is 2.20. The minimum absolute atomic E-state index is 0.0426. The first-order chi connectivity index (χ1) is 8.75. The van der Waals surface area contributed by atoms with Crippen LogP contribution in [0.5, 0.6) is 0 Å². The second-order valence-corrected chi connectivity index (χ2v) is 6.22. The van der Waals surface area contributed by atoms with Gasteiger partial charge < -0.3 is 5.32 Å². The molecule has 0 spiro atoms. The zero-order valence-corrected chi connectivity index (χ0v) is 11.3. The predicted octanol–water partition coefficient (Wildman–Crippen LogP) is 1.04. The van der Waals surface area contributed by atoms with Crippen LogP contribution < -0.4 is 5.32 Å². The fourth-order valence-corrected chi connectivity index (χ4v) is 2.07. The molecule has 0 fully saturated rings. The fraction of sp³-hybridized carbons (Fsp3) is 0.400. The molecule has 0 saturated carbocycles. The summed E-state index contributed by atoms with van der Waals surface area (Å²) in [5.41, 5.74) is -0.733. The van der Waals surface area contributed by atoms with Gasteiger partial charge in [0, 0.05) is 20.6 Å². The number of nitro benzene ring substituents is 1. The molecule has 1 aromatic rings. The molecule has 0 radical (unpaired) electrons. The number of rotatable bonds is 6. The van der Waals surface area contributed by atoms with E-state index in [2.05, 4.69) is 5.32 Å². The SMILES string of the molecule is CN(C)S(=O)(=O)CCNc1cccc(F)c1[N+](=O)[O-]. The number of benzene rings is 1. The average Bonchev–Trinajstić information content (AvgIpc) is 2.27. The molecule has 1 aromatic carbocycles. The minimum atomic E-state index is -3.40. The molecule has 1 rings (SSSR count). The van der Waals surface area contributed by atoms with Crippen molar-refractivity contribution in [1.29, 1.82) is 0 Å². The van der Waals surface area contributed by atoms with E-state index in [0.717, 1.165) is 10.4 Å². The van der Waals surface area contributed by atoms with Crippen LogP contribution >= 0.6 is 0 Å². The van der Waals surface area contributed by atoms with Crippen LogP contribution in [0.3, 0.4) is 0 Å². The highest BCUT2D eigenvalue weighted by atomic mass is 32.2. The highest BCUT2D eigenvalue weighted by Crippen LogP contribution is 2.26. The second-order valence-electron chi connectivity index (χ2n) is 3.92. The molecule has 0 bridgehead atoms. The van der Waals surface area contributed by atoms with Gasteiger partial charge in [0.2, 0.25) is 15.8 Å². The van der Waals surface area contributed by atoms with Gasteiger partial charge >= 0.3 is 5.69 Å². The number of nitrogens with one attached hydrogen (secondary N) is 1. The summed E-state index contributed by atoms with van der Waals surface area (Å²) >= 11 is 0. The smallest absolute Gasteiger partial charge is 0.327 e. The molecule has 106 valence electrons. The fourth-order valence-electron chi connectivity index (χ4n) is 1.34. The third kappa shape index (κ3) is 3.86. The Bertz CT molecular complexity index is 574. The van der Waals surface area contributed by atoms with Gasteiger partial charge in [-0.2, -0.15) is 4.39 Å². The summed E-state index contributed by atoms with van der Waals surface area (Å²) < 4.78 is 37.3. The van der Waals surface area contributed by atoms with E-state index < -0.39 is 26.5 Å². The highest BCUT2D eigenvalue weighted by molar-refractivity contribution is 7.89. The zero-order valence-electron chi connectivity index (χ0n) is 10.5. The van der Waals surface area contributed by atoms with E-state index in [9.17, 15) is 22.9 Å². The number of halogens is 1. The number of para-hydroxylation sites is 1. The number of sulfonamides is 1. The molecule has 9 heteroatoms. The monoisotopic (exact) mass is 291 g/mol. The Morgan fingerprint density at radius 1 is 1.42 bits per heavy atom. The lowest BCUT2D eigenvalue weighted by Gasteiger charge is -2.12. The van der Waals surface area contributed by atoms with Gasteiger partial charge in [0.15, 0.2) is 0 Å². The Kier molecular flexibility index (Phi) is 4.78. The van der Waals surface area contributed by atoms with Gasteiger partial charge in [0.1, 0.15) is 5.69 Å². The molecule has 19 heavy (non-hydrogen) atoms. The van der Waals surface area contributed by atoms with Crippen LogP contribution in [0.2, 0.25) is 0 Å². The summed E-state index contributed by atoms with van der Waals surface area (Å²) in [5, 5.41) is 13.3. The van der Waals surface area contributed by atoms with E-state index in [1.807, 2.05) is 0 Å². The van der Waals surface area contributed by atoms with Gasteiger partial charge in [-0.1, -0.05) is 6.07 Å². The number of nitro groups is 1. The lowest BCUT2D eigenvalue weighted by Crippen LogP contribution is -2.28. The molecule has 0 atom stereocenters. The first-order valence-corrected chi connectivity index (χ1v) is 6.93. The minimum Gasteiger partial charge on any atom is -0.378 e. The first kappa shape index (κ1) is 15.3. The topological polar surface area (TPSA) is 92.6 Å². The Balaban J connectivity index is 2.80. The van der Waals surface area contributed by atoms with Crippen molar-refractivity contribution in [2.75, 3.05) is 31.7 Å². The maximum absolute atomic E-state index is 13.3. The van der Waals surface area contributed by atoms with Crippen LogP contribution in [0, 0.1) is 15.9 Å². The van der Waals surface area contributed by atoms with Gasteiger partial charge in [0.25, 0.3) is 0 Å². The molecule has 0 aromatic heterocycles. The van der Waals surface area contributed by atoms with Crippen LogP contribution in [-0.2, 0) is 10.0 Å². The summed E-state index contributed by atoms with van der Waals surface area (Å²) in [6.07, 6.45) is 0. The maximum Gasteiger partial charge on any atom is 0.327 e. The van der Waals surface area contributed by atoms with Gasteiger partial charge in [-0.15, -0.1) is 0 Å². The van der Waals surface area contributed by atoms with E-state index in [4.69, 9.17) is 0 Å². The number of anilines is 1. The van der Waals surface area contributed by atoms with E-state index in [-0.39, 0.29) is 18.0 Å². The molecule has 0 amide bonds. The van der Waals surface area contributed by atoms with Gasteiger partial charge in [-0.05, 0) is 12.1 Å². The van der Waals surface area contributed by atoms with Crippen LogP contribution in [-0.4, -0.2) is 44.0 Å². The van der Waals surface area contributed by atoms with Crippen LogP contribution in [0.25, 0.3) is 0 Å². The van der Waals surface area contributed by atoms with E-state index in [1.165, 1.54) is 26.2 Å². The first-order valence-electron chi connectivity index (χ1n) is 5.32. The Morgan fingerprint density at radius 2 is 2.05 bits per heavy atom. The largest absolute Gasteiger partial charge is 0.378 e. The standard InChI is InChI=1S/C10H14FN3O4S/c1-13(2)19(17,18)7-6-12-9-5-3-4-8(11)10(9)14(15)16/h3-5,12H,6-7H2,1-2H3. The van der Waals surface area contributed by atoms with Gasteiger partial charge in [0.05, 0.1) is 10.7 Å². The van der Waals surface area contributed by atoms with Crippen LogP contribution in [0.4, 0.5) is 15.8 Å². The number of hydrogen-bond acceptors (Lipinski definition) is 5. The Morgan fingerprint density at radius 3 is 2.58 bits per heavy atom. The molecular weight excluding hydrogens is 277 g/mol. The summed E-state index contributed by atoms with van der Waals surface area (Å²) in [6.45, 7) is -0.0508. The second kappa shape index (κ2) is 5.93. The van der Waals surface area contributed by atoms with E-state index >= 15 is 0 Å². The molecule has 0 aliphatic heterocycles. The van der Waals surface area contributed by atoms with Crippen molar-refractivity contribution in [2.45, 2.75) is 0 Å². The van der Waals surface area contributed by atoms with Crippen molar-refractivity contribution >= 4 is 21.4 Å². The van der Waals surface area contributed by atoms with Crippen molar-refractivity contribution in [3.63, 3.8) is 0 Å². The van der Waals surface area contributed by atoms with E-state index in [1.54, 1.807) is 0 Å². The third-order valence-electron chi connectivity index (χ3n) is 2.40. The normalized spacial score (nSPS) is 11.6. The van der Waals surface area contributed by atoms with Crippen molar-refractivity contribution in [2.24, 2.45) is 0 Å². The van der Waals surface area contributed by atoms with E-state index in [0.29, 0.717) is 0 Å². The number of hydrogen-bond donors (Lipinski definition) is 1. The van der Waals surface area contributed by atoms with Crippen LogP contribution in [0.15, 0.2) is 18.2 Å². The summed E-state index contributed by atoms with van der Waals surface area (Å²) in [7, 11) is -0.627. The molecular formula is C10H14FN3O4S. The summed E-state index contributed by atoms with van der Waals surface area (Å²) in [5.74, 6) is -1.21. The van der Waals surface area contributed by atoms with Crippen molar-refractivity contribution in [3.05, 3.63) is 34.1 Å². The molecule has 0 unspecified atom stereocenters. The van der Waals surface area contributed by atoms with Crippen molar-refractivity contribution in [1.82, 2.24) is 4.31 Å². The van der Waals surface area contributed by atoms with Crippen LogP contribution in [0.1, 0.15) is 0 Å². The molecule has 0 aliphatic carbocycles. The van der Waals surface area contributed by atoms with Crippen molar-refractivity contribution in [3.8, 4) is 0 Å². The number of nitrogens with zero attached hydrogens (tertiary/aromatic N) is 2. The summed E-state index contributed by atoms with van der Waals surface area (Å²) in [6, 6.07) is 3.61. The maximum atomic E-state index is 13.3. The summed E-state index contributed by atoms with van der Waals surface area (Å²) in [4.78, 5) is 9.86. The quantitative estimate of drug-likeness (QED) is 0.624. The van der Waals surface area contributed by atoms with Crippen molar-refractivity contribution < 1.29 is 17.7 Å².